The number of aliphatic hydroxyl groups is 1. The van der Waals surface area contributed by atoms with Gasteiger partial charge in [-0.3, -0.25) is 0 Å². The summed E-state index contributed by atoms with van der Waals surface area (Å²) >= 11 is 0. The van der Waals surface area contributed by atoms with Crippen LogP contribution in [-0.2, 0) is 0 Å². The lowest BCUT2D eigenvalue weighted by atomic mass is 10.2. The SMILES string of the molecule is CC(CO)CNc1ccc(C#N)cc1. The first kappa shape index (κ1) is 10.6. The van der Waals surface area contributed by atoms with E-state index in [1.807, 2.05) is 19.1 Å². The molecule has 0 fully saturated rings. The van der Waals surface area contributed by atoms with Crippen molar-refractivity contribution >= 4 is 5.69 Å². The molecule has 0 aromatic heterocycles. The van der Waals surface area contributed by atoms with Gasteiger partial charge in [0, 0.05) is 18.8 Å². The van der Waals surface area contributed by atoms with Crippen LogP contribution in [0.3, 0.4) is 0 Å². The topological polar surface area (TPSA) is 56.0 Å². The quantitative estimate of drug-likeness (QED) is 0.758. The van der Waals surface area contributed by atoms with Crippen molar-refractivity contribution in [1.82, 2.24) is 0 Å². The van der Waals surface area contributed by atoms with Crippen molar-refractivity contribution in [3.05, 3.63) is 29.8 Å². The molecule has 0 aliphatic heterocycles. The van der Waals surface area contributed by atoms with Crippen molar-refractivity contribution in [3.8, 4) is 6.07 Å². The molecule has 1 aromatic carbocycles. The largest absolute Gasteiger partial charge is 0.396 e. The van der Waals surface area contributed by atoms with Crippen LogP contribution in [0.5, 0.6) is 0 Å². The lowest BCUT2D eigenvalue weighted by Crippen LogP contribution is -2.14. The van der Waals surface area contributed by atoms with Gasteiger partial charge < -0.3 is 10.4 Å². The van der Waals surface area contributed by atoms with E-state index in [4.69, 9.17) is 10.4 Å². The molecular weight excluding hydrogens is 176 g/mol. The van der Waals surface area contributed by atoms with Crippen LogP contribution in [0.1, 0.15) is 12.5 Å². The molecule has 0 amide bonds. The van der Waals surface area contributed by atoms with E-state index in [0.717, 1.165) is 12.2 Å². The number of hydrogen-bond donors (Lipinski definition) is 2. The second kappa shape index (κ2) is 5.25. The molecule has 0 heterocycles. The highest BCUT2D eigenvalue weighted by Gasteiger charge is 1.99. The van der Waals surface area contributed by atoms with Gasteiger partial charge in [0.15, 0.2) is 0 Å². The third kappa shape index (κ3) is 3.08. The molecule has 0 bridgehead atoms. The van der Waals surface area contributed by atoms with Gasteiger partial charge in [-0.15, -0.1) is 0 Å². The summed E-state index contributed by atoms with van der Waals surface area (Å²) in [6, 6.07) is 9.33. The average Bonchev–Trinajstić information content (AvgIpc) is 2.26. The second-order valence-corrected chi connectivity index (χ2v) is 3.36. The molecule has 3 heteroatoms. The van der Waals surface area contributed by atoms with E-state index in [9.17, 15) is 0 Å². The van der Waals surface area contributed by atoms with E-state index in [0.29, 0.717) is 5.56 Å². The fourth-order valence-electron chi connectivity index (χ4n) is 1.02. The number of nitriles is 1. The highest BCUT2D eigenvalue weighted by molar-refractivity contribution is 5.47. The zero-order valence-corrected chi connectivity index (χ0v) is 8.20. The van der Waals surface area contributed by atoms with Gasteiger partial charge in [-0.05, 0) is 30.2 Å². The summed E-state index contributed by atoms with van der Waals surface area (Å²) in [5.74, 6) is 0.241. The number of rotatable bonds is 4. The van der Waals surface area contributed by atoms with Gasteiger partial charge in [-0.2, -0.15) is 5.26 Å². The number of nitrogens with one attached hydrogen (secondary N) is 1. The molecule has 1 aromatic rings. The van der Waals surface area contributed by atoms with E-state index < -0.39 is 0 Å². The van der Waals surface area contributed by atoms with E-state index in [-0.39, 0.29) is 12.5 Å². The third-order valence-corrected chi connectivity index (χ3v) is 1.98. The number of hydrogen-bond acceptors (Lipinski definition) is 3. The van der Waals surface area contributed by atoms with Gasteiger partial charge in [0.1, 0.15) is 0 Å². The summed E-state index contributed by atoms with van der Waals surface area (Å²) in [6.07, 6.45) is 0. The Balaban J connectivity index is 2.49. The van der Waals surface area contributed by atoms with Gasteiger partial charge in [-0.25, -0.2) is 0 Å². The molecule has 14 heavy (non-hydrogen) atoms. The number of anilines is 1. The Morgan fingerprint density at radius 3 is 2.57 bits per heavy atom. The maximum absolute atomic E-state index is 8.81. The zero-order chi connectivity index (χ0) is 10.4. The first-order chi connectivity index (χ1) is 6.76. The summed E-state index contributed by atoms with van der Waals surface area (Å²) in [5, 5.41) is 20.6. The molecule has 1 atom stereocenters. The minimum absolute atomic E-state index is 0.184. The van der Waals surface area contributed by atoms with Crippen molar-refractivity contribution in [2.24, 2.45) is 5.92 Å². The zero-order valence-electron chi connectivity index (χ0n) is 8.20. The van der Waals surface area contributed by atoms with E-state index in [1.165, 1.54) is 0 Å². The lowest BCUT2D eigenvalue weighted by molar-refractivity contribution is 0.244. The van der Waals surface area contributed by atoms with E-state index in [1.54, 1.807) is 12.1 Å². The first-order valence-electron chi connectivity index (χ1n) is 4.61. The van der Waals surface area contributed by atoms with Gasteiger partial charge in [-0.1, -0.05) is 6.92 Å². The Kier molecular flexibility index (Phi) is 3.96. The highest BCUT2D eigenvalue weighted by Crippen LogP contribution is 2.09. The van der Waals surface area contributed by atoms with Gasteiger partial charge in [0.2, 0.25) is 0 Å². The Morgan fingerprint density at radius 1 is 1.43 bits per heavy atom. The van der Waals surface area contributed by atoms with Crippen molar-refractivity contribution in [2.45, 2.75) is 6.92 Å². The van der Waals surface area contributed by atoms with Crippen LogP contribution in [0, 0.1) is 17.2 Å². The molecule has 0 saturated heterocycles. The van der Waals surface area contributed by atoms with Crippen molar-refractivity contribution in [2.75, 3.05) is 18.5 Å². The van der Waals surface area contributed by atoms with Gasteiger partial charge in [0.25, 0.3) is 0 Å². The molecule has 2 N–H and O–H groups in total. The molecule has 0 saturated carbocycles. The van der Waals surface area contributed by atoms with Crippen LogP contribution in [0.25, 0.3) is 0 Å². The molecule has 3 nitrogen and oxygen atoms in total. The monoisotopic (exact) mass is 190 g/mol. The summed E-state index contributed by atoms with van der Waals surface area (Å²) in [4.78, 5) is 0. The predicted molar refractivity (Wildman–Crippen MR) is 55.9 cm³/mol. The van der Waals surface area contributed by atoms with Crippen molar-refractivity contribution in [3.63, 3.8) is 0 Å². The molecular formula is C11H14N2O. The highest BCUT2D eigenvalue weighted by atomic mass is 16.3. The second-order valence-electron chi connectivity index (χ2n) is 3.36. The minimum Gasteiger partial charge on any atom is -0.396 e. The summed E-state index contributed by atoms with van der Waals surface area (Å²) < 4.78 is 0. The fraction of sp³-hybridized carbons (Fsp3) is 0.364. The number of nitrogens with zero attached hydrogens (tertiary/aromatic N) is 1. The van der Waals surface area contributed by atoms with Crippen LogP contribution >= 0.6 is 0 Å². The third-order valence-electron chi connectivity index (χ3n) is 1.98. The number of benzene rings is 1. The molecule has 0 spiro atoms. The predicted octanol–water partition coefficient (Wildman–Crippen LogP) is 1.60. The fourth-order valence-corrected chi connectivity index (χ4v) is 1.02. The van der Waals surface area contributed by atoms with Crippen LogP contribution in [-0.4, -0.2) is 18.3 Å². The Labute approximate surface area is 84.0 Å². The summed E-state index contributed by atoms with van der Waals surface area (Å²) in [7, 11) is 0. The molecule has 0 aliphatic rings. The smallest absolute Gasteiger partial charge is 0.0991 e. The van der Waals surface area contributed by atoms with E-state index in [2.05, 4.69) is 11.4 Å². The summed E-state index contributed by atoms with van der Waals surface area (Å²) in [5.41, 5.74) is 1.63. The van der Waals surface area contributed by atoms with Crippen molar-refractivity contribution < 1.29 is 5.11 Å². The maximum atomic E-state index is 8.81. The maximum Gasteiger partial charge on any atom is 0.0991 e. The van der Waals surface area contributed by atoms with Crippen LogP contribution in [0.15, 0.2) is 24.3 Å². The summed E-state index contributed by atoms with van der Waals surface area (Å²) in [6.45, 7) is 2.89. The van der Waals surface area contributed by atoms with Crippen LogP contribution in [0.2, 0.25) is 0 Å². The Morgan fingerprint density at radius 2 is 2.07 bits per heavy atom. The van der Waals surface area contributed by atoms with E-state index >= 15 is 0 Å². The average molecular weight is 190 g/mol. The van der Waals surface area contributed by atoms with Crippen molar-refractivity contribution in [1.29, 1.82) is 5.26 Å². The molecule has 0 radical (unpaired) electrons. The molecule has 0 aliphatic carbocycles. The molecule has 1 unspecified atom stereocenters. The lowest BCUT2D eigenvalue weighted by Gasteiger charge is -2.10. The minimum atomic E-state index is 0.184. The Hall–Kier alpha value is -1.53. The van der Waals surface area contributed by atoms with Gasteiger partial charge in [0.05, 0.1) is 11.6 Å². The standard InChI is InChI=1S/C11H14N2O/c1-9(8-14)7-13-11-4-2-10(6-12)3-5-11/h2-5,9,13-14H,7-8H2,1H3. The van der Waals surface area contributed by atoms with Crippen LogP contribution in [0.4, 0.5) is 5.69 Å². The first-order valence-corrected chi connectivity index (χ1v) is 4.61. The Bertz CT molecular complexity index is 313. The molecule has 74 valence electrons. The normalized spacial score (nSPS) is 11.8. The van der Waals surface area contributed by atoms with Gasteiger partial charge >= 0.3 is 0 Å². The molecule has 1 rings (SSSR count). The number of aliphatic hydroxyl groups excluding tert-OH is 1. The van der Waals surface area contributed by atoms with Crippen LogP contribution < -0.4 is 5.32 Å².